The van der Waals surface area contributed by atoms with E-state index in [4.69, 9.17) is 5.73 Å². The van der Waals surface area contributed by atoms with Gasteiger partial charge < -0.3 is 15.5 Å². The number of carbonyl (C=O) groups is 2. The number of nitrogens with zero attached hydrogens (tertiary/aromatic N) is 4. The summed E-state index contributed by atoms with van der Waals surface area (Å²) in [5.74, 6) is 0.0346. The molecule has 2 aliphatic rings. The largest absolute Gasteiger partial charge is 0.368 e. The Bertz CT molecular complexity index is 717. The number of aryl methyl sites for hydroxylation is 1. The molecule has 0 bridgehead atoms. The van der Waals surface area contributed by atoms with Crippen LogP contribution in [0.25, 0.3) is 0 Å². The summed E-state index contributed by atoms with van der Waals surface area (Å²) in [7, 11) is 1.82. The van der Waals surface area contributed by atoms with E-state index in [1.165, 1.54) is 0 Å². The zero-order valence-corrected chi connectivity index (χ0v) is 13.7. The van der Waals surface area contributed by atoms with E-state index in [1.54, 1.807) is 9.80 Å². The molecule has 1 aromatic rings. The summed E-state index contributed by atoms with van der Waals surface area (Å²) in [6.45, 7) is 1.84. The van der Waals surface area contributed by atoms with Gasteiger partial charge in [0.25, 0.3) is 5.56 Å². The number of piperidine rings is 1. The number of nitrogen functional groups attached to an aromatic ring is 1. The number of H-pyrrole nitrogens is 1. The lowest BCUT2D eigenvalue weighted by Gasteiger charge is -2.37. The van der Waals surface area contributed by atoms with Crippen LogP contribution < -0.4 is 11.3 Å². The Hall–Kier alpha value is -2.45. The number of carbonyl (C=O) groups excluding carboxylic acids is 2. The number of rotatable bonds is 3. The van der Waals surface area contributed by atoms with Gasteiger partial charge in [-0.2, -0.15) is 0 Å². The summed E-state index contributed by atoms with van der Waals surface area (Å²) in [6, 6.07) is 0. The van der Waals surface area contributed by atoms with Gasteiger partial charge in [0.2, 0.25) is 17.8 Å². The molecule has 0 aliphatic carbocycles. The van der Waals surface area contributed by atoms with Crippen molar-refractivity contribution in [3.05, 3.63) is 16.0 Å². The van der Waals surface area contributed by atoms with Crippen molar-refractivity contribution in [3.8, 4) is 0 Å². The van der Waals surface area contributed by atoms with E-state index >= 15 is 0 Å². The molecule has 3 rings (SSSR count). The van der Waals surface area contributed by atoms with E-state index in [9.17, 15) is 14.4 Å². The average molecular weight is 334 g/mol. The molecule has 0 radical (unpaired) electrons. The number of amides is 2. The summed E-state index contributed by atoms with van der Waals surface area (Å²) in [5.41, 5.74) is 4.71. The van der Waals surface area contributed by atoms with Crippen LogP contribution in [-0.2, 0) is 16.0 Å². The molecule has 1 aromatic heterocycles. The van der Waals surface area contributed by atoms with E-state index in [2.05, 4.69) is 15.2 Å². The van der Waals surface area contributed by atoms with Crippen molar-refractivity contribution in [2.75, 3.05) is 32.4 Å². The van der Waals surface area contributed by atoms with Gasteiger partial charge in [-0.05, 0) is 19.3 Å². The number of hydrogen-bond acceptors (Lipinski definition) is 6. The zero-order valence-electron chi connectivity index (χ0n) is 13.7. The maximum atomic E-state index is 12.5. The van der Waals surface area contributed by atoms with Crippen LogP contribution in [0.15, 0.2) is 4.79 Å². The third kappa shape index (κ3) is 2.98. The van der Waals surface area contributed by atoms with E-state index in [-0.39, 0.29) is 36.3 Å². The predicted molar refractivity (Wildman–Crippen MR) is 85.9 cm³/mol. The van der Waals surface area contributed by atoms with Gasteiger partial charge in [-0.25, -0.2) is 0 Å². The summed E-state index contributed by atoms with van der Waals surface area (Å²) in [6.07, 6.45) is 2.90. The number of aromatic nitrogens is 3. The van der Waals surface area contributed by atoms with Gasteiger partial charge in [0.05, 0.1) is 5.41 Å². The molecule has 3 N–H and O–H groups in total. The topological polar surface area (TPSA) is 125 Å². The minimum Gasteiger partial charge on any atom is -0.368 e. The van der Waals surface area contributed by atoms with Gasteiger partial charge in [-0.3, -0.25) is 19.4 Å². The number of hydrogen-bond donors (Lipinski definition) is 2. The third-order valence-electron chi connectivity index (χ3n) is 5.01. The van der Waals surface area contributed by atoms with Crippen LogP contribution in [0.5, 0.6) is 0 Å². The Morgan fingerprint density at radius 2 is 2.08 bits per heavy atom. The number of nitrogens with one attached hydrogen (secondary N) is 1. The highest BCUT2D eigenvalue weighted by Crippen LogP contribution is 2.39. The molecule has 9 heteroatoms. The third-order valence-corrected chi connectivity index (χ3v) is 5.01. The molecule has 2 fully saturated rings. The fourth-order valence-corrected chi connectivity index (χ4v) is 3.65. The smallest absolute Gasteiger partial charge is 0.274 e. The molecular weight excluding hydrogens is 312 g/mol. The normalized spacial score (nSPS) is 24.0. The van der Waals surface area contributed by atoms with Crippen LogP contribution in [0.1, 0.15) is 31.4 Å². The Morgan fingerprint density at radius 1 is 1.29 bits per heavy atom. The summed E-state index contributed by atoms with van der Waals surface area (Å²) in [4.78, 5) is 42.5. The van der Waals surface area contributed by atoms with Gasteiger partial charge in [-0.1, -0.05) is 0 Å². The summed E-state index contributed by atoms with van der Waals surface area (Å²) in [5, 5.41) is 7.33. The fourth-order valence-electron chi connectivity index (χ4n) is 3.65. The van der Waals surface area contributed by atoms with Gasteiger partial charge in [0.1, 0.15) is 5.69 Å². The predicted octanol–water partition coefficient (Wildman–Crippen LogP) is -0.849. The lowest BCUT2D eigenvalue weighted by molar-refractivity contribution is -0.144. The Labute approximate surface area is 139 Å². The second-order valence-electron chi connectivity index (χ2n) is 6.66. The van der Waals surface area contributed by atoms with Gasteiger partial charge in [-0.15, -0.1) is 10.2 Å². The number of nitrogens with two attached hydrogens (primary N) is 1. The number of aromatic amines is 1. The Balaban J connectivity index is 1.60. The lowest BCUT2D eigenvalue weighted by Crippen LogP contribution is -2.48. The molecule has 130 valence electrons. The second-order valence-corrected chi connectivity index (χ2v) is 6.66. The lowest BCUT2D eigenvalue weighted by atomic mass is 9.78. The Morgan fingerprint density at radius 3 is 2.83 bits per heavy atom. The first-order valence-electron chi connectivity index (χ1n) is 8.16. The highest BCUT2D eigenvalue weighted by molar-refractivity contribution is 5.86. The van der Waals surface area contributed by atoms with Gasteiger partial charge in [0, 0.05) is 39.5 Å². The van der Waals surface area contributed by atoms with Crippen molar-refractivity contribution in [1.29, 1.82) is 0 Å². The zero-order chi connectivity index (χ0) is 17.3. The van der Waals surface area contributed by atoms with Crippen LogP contribution in [-0.4, -0.2) is 63.5 Å². The highest BCUT2D eigenvalue weighted by Gasteiger charge is 2.48. The second kappa shape index (κ2) is 6.21. The van der Waals surface area contributed by atoms with Crippen molar-refractivity contribution >= 4 is 17.8 Å². The molecule has 0 saturated carbocycles. The summed E-state index contributed by atoms with van der Waals surface area (Å²) >= 11 is 0. The van der Waals surface area contributed by atoms with Crippen molar-refractivity contribution in [3.63, 3.8) is 0 Å². The molecule has 2 amide bonds. The van der Waals surface area contributed by atoms with Gasteiger partial charge >= 0.3 is 0 Å². The quantitative estimate of drug-likeness (QED) is 0.742. The first kappa shape index (κ1) is 16.4. The molecule has 1 atom stereocenters. The number of anilines is 1. The van der Waals surface area contributed by atoms with Crippen molar-refractivity contribution in [1.82, 2.24) is 25.0 Å². The highest BCUT2D eigenvalue weighted by atomic mass is 16.2. The molecular formula is C15H22N6O3. The van der Waals surface area contributed by atoms with Crippen molar-refractivity contribution < 1.29 is 9.59 Å². The SMILES string of the molecule is CN1CCCC2(CCN(C(=O)CCc3nnc(N)[nH]c3=O)C2)C1=O. The molecule has 0 aromatic carbocycles. The van der Waals surface area contributed by atoms with Crippen LogP contribution in [0.3, 0.4) is 0 Å². The Kier molecular flexibility index (Phi) is 4.25. The summed E-state index contributed by atoms with van der Waals surface area (Å²) < 4.78 is 0. The minimum atomic E-state index is -0.419. The van der Waals surface area contributed by atoms with Crippen LogP contribution in [0.4, 0.5) is 5.95 Å². The first-order valence-corrected chi connectivity index (χ1v) is 8.16. The first-order chi connectivity index (χ1) is 11.4. The monoisotopic (exact) mass is 334 g/mol. The molecule has 2 aliphatic heterocycles. The average Bonchev–Trinajstić information content (AvgIpc) is 2.97. The van der Waals surface area contributed by atoms with Crippen molar-refractivity contribution in [2.45, 2.75) is 32.1 Å². The van der Waals surface area contributed by atoms with Crippen LogP contribution in [0.2, 0.25) is 0 Å². The molecule has 1 unspecified atom stereocenters. The molecule has 2 saturated heterocycles. The standard InChI is InChI=1S/C15H22N6O3/c1-20-7-2-5-15(13(20)24)6-8-21(9-15)11(22)4-3-10-12(23)17-14(16)19-18-10/h2-9H2,1H3,(H3,16,17,19,23). The molecule has 3 heterocycles. The maximum Gasteiger partial charge on any atom is 0.274 e. The number of likely N-dealkylation sites (tertiary alicyclic amines) is 2. The van der Waals surface area contributed by atoms with E-state index in [0.717, 1.165) is 19.4 Å². The van der Waals surface area contributed by atoms with Crippen LogP contribution >= 0.6 is 0 Å². The molecule has 24 heavy (non-hydrogen) atoms. The fraction of sp³-hybridized carbons (Fsp3) is 0.667. The molecule has 1 spiro atoms. The van der Waals surface area contributed by atoms with Crippen LogP contribution in [0, 0.1) is 5.41 Å². The van der Waals surface area contributed by atoms with E-state index < -0.39 is 11.0 Å². The van der Waals surface area contributed by atoms with Gasteiger partial charge in [0.15, 0.2) is 0 Å². The minimum absolute atomic E-state index is 0.0449. The molecule has 9 nitrogen and oxygen atoms in total. The van der Waals surface area contributed by atoms with Crippen molar-refractivity contribution in [2.24, 2.45) is 5.41 Å². The van der Waals surface area contributed by atoms with E-state index in [0.29, 0.717) is 19.5 Å². The van der Waals surface area contributed by atoms with E-state index in [1.807, 2.05) is 7.05 Å². The maximum absolute atomic E-state index is 12.5.